The van der Waals surface area contributed by atoms with Gasteiger partial charge in [-0.3, -0.25) is 4.79 Å². The Morgan fingerprint density at radius 3 is 3.10 bits per heavy atom. The summed E-state index contributed by atoms with van der Waals surface area (Å²) in [5.74, 6) is -0.140. The monoisotopic (exact) mass is 312 g/mol. The second-order valence-corrected chi connectivity index (χ2v) is 5.55. The van der Waals surface area contributed by atoms with E-state index < -0.39 is 0 Å². The summed E-state index contributed by atoms with van der Waals surface area (Å²) in [5.41, 5.74) is 0.879. The van der Waals surface area contributed by atoms with Crippen LogP contribution in [0.3, 0.4) is 0 Å². The molecule has 1 fully saturated rings. The number of likely N-dealkylation sites (N-methyl/N-ethyl adjacent to an activating group) is 1. The summed E-state index contributed by atoms with van der Waals surface area (Å²) in [7, 11) is 2.05. The first-order valence-electron chi connectivity index (χ1n) is 7.03. The molecule has 0 bridgehead atoms. The van der Waals surface area contributed by atoms with Crippen molar-refractivity contribution in [2.24, 2.45) is 0 Å². The Labute approximate surface area is 130 Å². The Balaban J connectivity index is 1.62. The van der Waals surface area contributed by atoms with Crippen molar-refractivity contribution < 1.29 is 14.3 Å². The van der Waals surface area contributed by atoms with Crippen molar-refractivity contribution in [1.82, 2.24) is 10.2 Å². The van der Waals surface area contributed by atoms with Gasteiger partial charge in [0.05, 0.1) is 19.3 Å². The van der Waals surface area contributed by atoms with Crippen LogP contribution >= 0.6 is 11.6 Å². The van der Waals surface area contributed by atoms with Gasteiger partial charge in [0.2, 0.25) is 5.91 Å². The minimum atomic E-state index is -0.140. The first kappa shape index (κ1) is 16.2. The lowest BCUT2D eigenvalue weighted by Gasteiger charge is -2.30. The fraction of sp³-hybridized carbons (Fsp3) is 0.533. The number of nitrogens with one attached hydrogen (secondary N) is 1. The number of halogens is 1. The highest BCUT2D eigenvalue weighted by atomic mass is 35.5. The lowest BCUT2D eigenvalue weighted by molar-refractivity contribution is -0.127. The molecule has 1 aliphatic rings. The van der Waals surface area contributed by atoms with Crippen molar-refractivity contribution in [3.05, 3.63) is 34.9 Å². The van der Waals surface area contributed by atoms with Gasteiger partial charge in [0.1, 0.15) is 6.61 Å². The number of hydrogen-bond donors (Lipinski definition) is 1. The van der Waals surface area contributed by atoms with Gasteiger partial charge in [0.25, 0.3) is 0 Å². The van der Waals surface area contributed by atoms with E-state index in [-0.39, 0.29) is 18.6 Å². The largest absolute Gasteiger partial charge is 0.374 e. The first-order chi connectivity index (χ1) is 10.1. The summed E-state index contributed by atoms with van der Waals surface area (Å²) >= 11 is 6.01. The van der Waals surface area contributed by atoms with Gasteiger partial charge < -0.3 is 19.7 Å². The molecule has 1 N–H and O–H groups in total. The van der Waals surface area contributed by atoms with Crippen molar-refractivity contribution >= 4 is 17.5 Å². The first-order valence-corrected chi connectivity index (χ1v) is 7.41. The number of carbonyl (C=O) groups is 1. The van der Waals surface area contributed by atoms with Crippen LogP contribution in [-0.2, 0) is 20.9 Å². The van der Waals surface area contributed by atoms with Crippen LogP contribution in [0.2, 0.25) is 5.02 Å². The Morgan fingerprint density at radius 1 is 1.52 bits per heavy atom. The molecule has 1 aromatic carbocycles. The van der Waals surface area contributed by atoms with Crippen molar-refractivity contribution in [2.45, 2.75) is 12.7 Å². The average molecular weight is 313 g/mol. The molecule has 0 radical (unpaired) electrons. The van der Waals surface area contributed by atoms with E-state index in [1.54, 1.807) is 6.07 Å². The maximum Gasteiger partial charge on any atom is 0.246 e. The average Bonchev–Trinajstić information content (AvgIpc) is 2.47. The van der Waals surface area contributed by atoms with Gasteiger partial charge in [-0.2, -0.15) is 0 Å². The van der Waals surface area contributed by atoms with Gasteiger partial charge in [0, 0.05) is 24.7 Å². The Kier molecular flexibility index (Phi) is 6.45. The third-order valence-electron chi connectivity index (χ3n) is 3.32. The normalized spacial score (nSPS) is 19.4. The van der Waals surface area contributed by atoms with E-state index in [0.717, 1.165) is 18.7 Å². The quantitative estimate of drug-likeness (QED) is 0.860. The van der Waals surface area contributed by atoms with Crippen molar-refractivity contribution in [3.8, 4) is 0 Å². The van der Waals surface area contributed by atoms with Crippen LogP contribution < -0.4 is 5.32 Å². The van der Waals surface area contributed by atoms with Gasteiger partial charge in [-0.15, -0.1) is 0 Å². The highest BCUT2D eigenvalue weighted by Gasteiger charge is 2.18. The number of nitrogens with zero attached hydrogens (tertiary/aromatic N) is 1. The van der Waals surface area contributed by atoms with Crippen LogP contribution in [-0.4, -0.2) is 56.8 Å². The summed E-state index contributed by atoms with van der Waals surface area (Å²) in [6.45, 7) is 3.34. The molecule has 6 heteroatoms. The Bertz CT molecular complexity index is 470. The molecule has 5 nitrogen and oxygen atoms in total. The van der Waals surface area contributed by atoms with E-state index in [4.69, 9.17) is 21.1 Å². The topological polar surface area (TPSA) is 50.8 Å². The second kappa shape index (κ2) is 8.34. The summed E-state index contributed by atoms with van der Waals surface area (Å²) in [6, 6.07) is 7.43. The lowest BCUT2D eigenvalue weighted by atomic mass is 10.2. The fourth-order valence-electron chi connectivity index (χ4n) is 2.14. The van der Waals surface area contributed by atoms with Crippen molar-refractivity contribution in [1.29, 1.82) is 0 Å². The SMILES string of the molecule is CN1CCO[C@H](CNC(=O)COCc2ccccc2Cl)C1. The van der Waals surface area contributed by atoms with Gasteiger partial charge in [-0.05, 0) is 18.7 Å². The molecule has 116 valence electrons. The van der Waals surface area contributed by atoms with Crippen molar-refractivity contribution in [3.63, 3.8) is 0 Å². The molecule has 2 rings (SSSR count). The van der Waals surface area contributed by atoms with Crippen LogP contribution in [0.4, 0.5) is 0 Å². The van der Waals surface area contributed by atoms with Crippen LogP contribution in [0.25, 0.3) is 0 Å². The minimum absolute atomic E-state index is 0.0216. The molecule has 1 aromatic rings. The van der Waals surface area contributed by atoms with E-state index in [9.17, 15) is 4.79 Å². The van der Waals surface area contributed by atoms with E-state index in [0.29, 0.717) is 24.8 Å². The predicted octanol–water partition coefficient (Wildman–Crippen LogP) is 1.30. The molecule has 0 aliphatic carbocycles. The molecule has 1 amide bonds. The maximum absolute atomic E-state index is 11.7. The molecule has 0 spiro atoms. The molecule has 1 aliphatic heterocycles. The highest BCUT2D eigenvalue weighted by Crippen LogP contribution is 2.15. The Morgan fingerprint density at radius 2 is 2.33 bits per heavy atom. The summed E-state index contributed by atoms with van der Waals surface area (Å²) in [4.78, 5) is 13.9. The van der Waals surface area contributed by atoms with E-state index in [1.807, 2.05) is 25.2 Å². The molecule has 1 saturated heterocycles. The molecular formula is C15H21ClN2O3. The molecular weight excluding hydrogens is 292 g/mol. The van der Waals surface area contributed by atoms with E-state index in [2.05, 4.69) is 10.2 Å². The molecule has 0 aromatic heterocycles. The zero-order valence-electron chi connectivity index (χ0n) is 12.2. The molecule has 1 atom stereocenters. The molecule has 0 saturated carbocycles. The maximum atomic E-state index is 11.7. The summed E-state index contributed by atoms with van der Waals surface area (Å²) in [5, 5.41) is 3.47. The smallest absolute Gasteiger partial charge is 0.246 e. The zero-order valence-corrected chi connectivity index (χ0v) is 12.9. The number of amides is 1. The van der Waals surface area contributed by atoms with Gasteiger partial charge in [-0.25, -0.2) is 0 Å². The highest BCUT2D eigenvalue weighted by molar-refractivity contribution is 6.31. The number of hydrogen-bond acceptors (Lipinski definition) is 4. The molecule has 21 heavy (non-hydrogen) atoms. The van der Waals surface area contributed by atoms with E-state index >= 15 is 0 Å². The third-order valence-corrected chi connectivity index (χ3v) is 3.69. The Hall–Kier alpha value is -1.14. The van der Waals surface area contributed by atoms with E-state index in [1.165, 1.54) is 0 Å². The van der Waals surface area contributed by atoms with Crippen LogP contribution in [0, 0.1) is 0 Å². The number of morpholine rings is 1. The summed E-state index contributed by atoms with van der Waals surface area (Å²) in [6.07, 6.45) is 0.0521. The second-order valence-electron chi connectivity index (χ2n) is 5.14. The number of benzene rings is 1. The third kappa shape index (κ3) is 5.63. The van der Waals surface area contributed by atoms with Crippen LogP contribution in [0.15, 0.2) is 24.3 Å². The lowest BCUT2D eigenvalue weighted by Crippen LogP contribution is -2.46. The zero-order chi connectivity index (χ0) is 15.1. The fourth-order valence-corrected chi connectivity index (χ4v) is 2.33. The van der Waals surface area contributed by atoms with Gasteiger partial charge >= 0.3 is 0 Å². The number of ether oxygens (including phenoxy) is 2. The minimum Gasteiger partial charge on any atom is -0.374 e. The standard InChI is InChI=1S/C15H21ClN2O3/c1-18-6-7-21-13(9-18)8-17-15(19)11-20-10-12-4-2-3-5-14(12)16/h2-5,13H,6-11H2,1H3,(H,17,19)/t13-/m1/s1. The molecule has 1 heterocycles. The molecule has 0 unspecified atom stereocenters. The van der Waals surface area contributed by atoms with Gasteiger partial charge in [0.15, 0.2) is 0 Å². The summed E-state index contributed by atoms with van der Waals surface area (Å²) < 4.78 is 10.9. The number of carbonyl (C=O) groups excluding carboxylic acids is 1. The van der Waals surface area contributed by atoms with Crippen LogP contribution in [0.1, 0.15) is 5.56 Å². The van der Waals surface area contributed by atoms with Crippen molar-refractivity contribution in [2.75, 3.05) is 39.9 Å². The van der Waals surface area contributed by atoms with Crippen LogP contribution in [0.5, 0.6) is 0 Å². The van der Waals surface area contributed by atoms with Gasteiger partial charge in [-0.1, -0.05) is 29.8 Å². The number of rotatable bonds is 6. The predicted molar refractivity (Wildman–Crippen MR) is 81.4 cm³/mol.